The van der Waals surface area contributed by atoms with Crippen LogP contribution in [0.4, 0.5) is 0 Å². The Labute approximate surface area is 108 Å². The Hall–Kier alpha value is -1.00. The number of likely N-dealkylation sites (N-methyl/N-ethyl adjacent to an activating group) is 2. The fourth-order valence-corrected chi connectivity index (χ4v) is 1.88. The molecule has 0 radical (unpaired) electrons. The maximum absolute atomic E-state index is 12.2. The van der Waals surface area contributed by atoms with Crippen LogP contribution in [0.5, 0.6) is 0 Å². The molecule has 0 aliphatic rings. The molecular weight excluding hydrogens is 238 g/mol. The Morgan fingerprint density at radius 2 is 2.29 bits per heavy atom. The maximum Gasteiger partial charge on any atom is 0.270 e. The molecule has 1 aromatic heterocycles. The highest BCUT2D eigenvalue weighted by atomic mass is 35.5. The maximum atomic E-state index is 12.2. The summed E-state index contributed by atoms with van der Waals surface area (Å²) in [5.74, 6) is 0.0144. The smallest absolute Gasteiger partial charge is 0.270 e. The monoisotopic (exact) mass is 257 g/mol. The van der Waals surface area contributed by atoms with Gasteiger partial charge in [-0.3, -0.25) is 4.79 Å². The molecule has 4 nitrogen and oxygen atoms in total. The Bertz CT molecular complexity index is 376. The van der Waals surface area contributed by atoms with Crippen LogP contribution in [0.1, 0.15) is 23.8 Å². The zero-order valence-electron chi connectivity index (χ0n) is 10.7. The first-order chi connectivity index (χ1) is 8.10. The Kier molecular flexibility index (Phi) is 5.51. The number of halogens is 1. The lowest BCUT2D eigenvalue weighted by Gasteiger charge is -2.18. The molecule has 0 aliphatic heterocycles. The zero-order chi connectivity index (χ0) is 12.8. The predicted molar refractivity (Wildman–Crippen MR) is 70.6 cm³/mol. The van der Waals surface area contributed by atoms with Gasteiger partial charge in [0.2, 0.25) is 0 Å². The molecule has 96 valence electrons. The van der Waals surface area contributed by atoms with Crippen molar-refractivity contribution in [3.8, 4) is 0 Å². The molecule has 0 saturated carbocycles. The second kappa shape index (κ2) is 6.67. The number of amides is 1. The van der Waals surface area contributed by atoms with E-state index in [2.05, 4.69) is 12.2 Å². The van der Waals surface area contributed by atoms with Gasteiger partial charge in [-0.15, -0.1) is 0 Å². The summed E-state index contributed by atoms with van der Waals surface area (Å²) in [5.41, 5.74) is 0.662. The lowest BCUT2D eigenvalue weighted by Crippen LogP contribution is -2.33. The first kappa shape index (κ1) is 14.1. The van der Waals surface area contributed by atoms with Crippen molar-refractivity contribution in [2.24, 2.45) is 0 Å². The van der Waals surface area contributed by atoms with E-state index in [1.807, 2.05) is 17.8 Å². The minimum atomic E-state index is 0.0144. The van der Waals surface area contributed by atoms with E-state index in [9.17, 15) is 4.79 Å². The van der Waals surface area contributed by atoms with Gasteiger partial charge in [0, 0.05) is 32.9 Å². The molecule has 0 fully saturated rings. The van der Waals surface area contributed by atoms with Crippen molar-refractivity contribution >= 4 is 17.5 Å². The molecule has 0 aromatic carbocycles. The molecule has 1 aromatic rings. The van der Waals surface area contributed by atoms with Gasteiger partial charge >= 0.3 is 0 Å². The number of carbonyl (C=O) groups is 1. The normalized spacial score (nSPS) is 10.6. The zero-order valence-corrected chi connectivity index (χ0v) is 11.4. The summed E-state index contributed by atoms with van der Waals surface area (Å²) in [5, 5.41) is 3.64. The summed E-state index contributed by atoms with van der Waals surface area (Å²) in [7, 11) is 3.67. The molecule has 0 spiro atoms. The highest BCUT2D eigenvalue weighted by Crippen LogP contribution is 2.16. The Morgan fingerprint density at radius 3 is 2.88 bits per heavy atom. The molecule has 0 aliphatic carbocycles. The topological polar surface area (TPSA) is 37.3 Å². The summed E-state index contributed by atoms with van der Waals surface area (Å²) < 4.78 is 1.92. The van der Waals surface area contributed by atoms with Crippen LogP contribution in [0.2, 0.25) is 5.02 Å². The van der Waals surface area contributed by atoms with E-state index >= 15 is 0 Å². The third-order valence-corrected chi connectivity index (χ3v) is 2.80. The van der Waals surface area contributed by atoms with Crippen molar-refractivity contribution in [2.75, 3.05) is 27.2 Å². The van der Waals surface area contributed by atoms with E-state index in [4.69, 9.17) is 11.6 Å². The number of nitrogens with one attached hydrogen (secondary N) is 1. The average Bonchev–Trinajstić information content (AvgIpc) is 2.66. The first-order valence-electron chi connectivity index (χ1n) is 5.85. The van der Waals surface area contributed by atoms with Gasteiger partial charge in [0.05, 0.1) is 5.02 Å². The predicted octanol–water partition coefficient (Wildman–Crippen LogP) is 1.84. The summed E-state index contributed by atoms with van der Waals surface area (Å²) in [6.45, 7) is 4.36. The number of hydrogen-bond acceptors (Lipinski definition) is 2. The van der Waals surface area contributed by atoms with Gasteiger partial charge in [-0.05, 0) is 19.5 Å². The fourth-order valence-electron chi connectivity index (χ4n) is 1.66. The van der Waals surface area contributed by atoms with Crippen LogP contribution in [0.25, 0.3) is 0 Å². The molecule has 0 bridgehead atoms. The Balaban J connectivity index is 2.79. The summed E-state index contributed by atoms with van der Waals surface area (Å²) in [4.78, 5) is 13.9. The number of carbonyl (C=O) groups excluding carboxylic acids is 1. The molecule has 1 N–H and O–H groups in total. The minimum Gasteiger partial charge on any atom is -0.342 e. The summed E-state index contributed by atoms with van der Waals surface area (Å²) in [6, 6.07) is 1.73. The second-order valence-electron chi connectivity index (χ2n) is 4.07. The SMILES string of the molecule is CCCn1cc(Cl)cc1C(=O)N(C)CCNC. The Morgan fingerprint density at radius 1 is 1.59 bits per heavy atom. The van der Waals surface area contributed by atoms with Crippen molar-refractivity contribution in [3.05, 3.63) is 23.0 Å². The van der Waals surface area contributed by atoms with Crippen molar-refractivity contribution in [1.29, 1.82) is 0 Å². The largest absolute Gasteiger partial charge is 0.342 e. The number of rotatable bonds is 6. The van der Waals surface area contributed by atoms with Crippen molar-refractivity contribution in [2.45, 2.75) is 19.9 Å². The molecule has 1 amide bonds. The highest BCUT2D eigenvalue weighted by molar-refractivity contribution is 6.31. The molecule has 1 heterocycles. The first-order valence-corrected chi connectivity index (χ1v) is 6.23. The van der Waals surface area contributed by atoms with Crippen LogP contribution in [0.3, 0.4) is 0 Å². The summed E-state index contributed by atoms with van der Waals surface area (Å²) >= 11 is 5.95. The van der Waals surface area contributed by atoms with E-state index in [1.165, 1.54) is 0 Å². The van der Waals surface area contributed by atoms with Gasteiger partial charge in [0.15, 0.2) is 0 Å². The van der Waals surface area contributed by atoms with Crippen molar-refractivity contribution in [3.63, 3.8) is 0 Å². The van der Waals surface area contributed by atoms with Crippen LogP contribution in [0, 0.1) is 0 Å². The van der Waals surface area contributed by atoms with Gasteiger partial charge in [0.1, 0.15) is 5.69 Å². The average molecular weight is 258 g/mol. The van der Waals surface area contributed by atoms with Gasteiger partial charge in [-0.1, -0.05) is 18.5 Å². The van der Waals surface area contributed by atoms with Gasteiger partial charge in [-0.25, -0.2) is 0 Å². The van der Waals surface area contributed by atoms with Crippen LogP contribution < -0.4 is 5.32 Å². The quantitative estimate of drug-likeness (QED) is 0.845. The molecule has 5 heteroatoms. The highest BCUT2D eigenvalue weighted by Gasteiger charge is 2.16. The van der Waals surface area contributed by atoms with E-state index in [1.54, 1.807) is 18.0 Å². The lowest BCUT2D eigenvalue weighted by atomic mass is 10.3. The fraction of sp³-hybridized carbons (Fsp3) is 0.583. The number of aromatic nitrogens is 1. The molecule has 0 unspecified atom stereocenters. The number of nitrogens with zero attached hydrogens (tertiary/aromatic N) is 2. The second-order valence-corrected chi connectivity index (χ2v) is 4.50. The standard InChI is InChI=1S/C12H20ClN3O/c1-4-6-16-9-10(13)8-11(16)12(17)15(3)7-5-14-2/h8-9,14H,4-7H2,1-3H3. The van der Waals surface area contributed by atoms with Crippen molar-refractivity contribution in [1.82, 2.24) is 14.8 Å². The summed E-state index contributed by atoms with van der Waals surface area (Å²) in [6.07, 6.45) is 2.79. The molecular formula is C12H20ClN3O. The van der Waals surface area contributed by atoms with Crippen LogP contribution in [0.15, 0.2) is 12.3 Å². The van der Waals surface area contributed by atoms with Gasteiger partial charge in [-0.2, -0.15) is 0 Å². The lowest BCUT2D eigenvalue weighted by molar-refractivity contribution is 0.0786. The molecule has 17 heavy (non-hydrogen) atoms. The van der Waals surface area contributed by atoms with Crippen LogP contribution >= 0.6 is 11.6 Å². The third kappa shape index (κ3) is 3.75. The van der Waals surface area contributed by atoms with Gasteiger partial charge in [0.25, 0.3) is 5.91 Å². The molecule has 1 rings (SSSR count). The van der Waals surface area contributed by atoms with Crippen LogP contribution in [-0.2, 0) is 6.54 Å². The van der Waals surface area contributed by atoms with Crippen molar-refractivity contribution < 1.29 is 4.79 Å². The van der Waals surface area contributed by atoms with Gasteiger partial charge < -0.3 is 14.8 Å². The van der Waals surface area contributed by atoms with E-state index in [0.717, 1.165) is 19.5 Å². The van der Waals surface area contributed by atoms with Crippen LogP contribution in [-0.4, -0.2) is 42.6 Å². The third-order valence-electron chi connectivity index (χ3n) is 2.59. The number of aryl methyl sites for hydroxylation is 1. The minimum absolute atomic E-state index is 0.0144. The van der Waals surface area contributed by atoms with E-state index in [-0.39, 0.29) is 5.91 Å². The van der Waals surface area contributed by atoms with E-state index < -0.39 is 0 Å². The number of hydrogen-bond donors (Lipinski definition) is 1. The molecule has 0 saturated heterocycles. The molecule has 0 atom stereocenters. The van der Waals surface area contributed by atoms with E-state index in [0.29, 0.717) is 17.3 Å².